The van der Waals surface area contributed by atoms with Crippen LogP contribution in [0, 0.1) is 0 Å². The zero-order valence-corrected chi connectivity index (χ0v) is 14.4. The molecule has 0 unspecified atom stereocenters. The van der Waals surface area contributed by atoms with E-state index in [1.165, 1.54) is 6.92 Å². The van der Waals surface area contributed by atoms with Gasteiger partial charge < -0.3 is 10.2 Å². The molecule has 1 N–H and O–H groups in total. The molecule has 1 aliphatic heterocycles. The molecule has 0 fully saturated rings. The predicted octanol–water partition coefficient (Wildman–Crippen LogP) is 3.34. The normalized spacial score (nSPS) is 17.1. The quantitative estimate of drug-likeness (QED) is 0.922. The Balaban J connectivity index is 1.95. The van der Waals surface area contributed by atoms with Gasteiger partial charge in [-0.15, -0.1) is 0 Å². The Kier molecular flexibility index (Phi) is 5.29. The van der Waals surface area contributed by atoms with Gasteiger partial charge in [-0.05, 0) is 29.2 Å². The molecule has 0 saturated carbocycles. The highest BCUT2D eigenvalue weighted by atomic mass is 16.2. The Labute approximate surface area is 148 Å². The summed E-state index contributed by atoms with van der Waals surface area (Å²) in [5, 5.41) is 2.70. The molecule has 1 heterocycles. The van der Waals surface area contributed by atoms with E-state index in [0.29, 0.717) is 13.1 Å². The molecule has 4 heteroatoms. The van der Waals surface area contributed by atoms with Gasteiger partial charge in [-0.1, -0.05) is 54.6 Å². The first-order valence-corrected chi connectivity index (χ1v) is 8.53. The summed E-state index contributed by atoms with van der Waals surface area (Å²) in [6.45, 7) is 2.34. The van der Waals surface area contributed by atoms with Crippen LogP contribution < -0.4 is 5.32 Å². The summed E-state index contributed by atoms with van der Waals surface area (Å²) in [4.78, 5) is 25.8. The molecule has 4 nitrogen and oxygen atoms in total. The average molecular weight is 334 g/mol. The predicted molar refractivity (Wildman–Crippen MR) is 99.2 cm³/mol. The molecule has 0 spiro atoms. The number of carbonyl (C=O) groups excluding carboxylic acids is 2. The van der Waals surface area contributed by atoms with Crippen molar-refractivity contribution in [2.45, 2.75) is 26.3 Å². The van der Waals surface area contributed by atoms with Crippen LogP contribution in [0.2, 0.25) is 0 Å². The number of hydrogen-bond donors (Lipinski definition) is 1. The van der Waals surface area contributed by atoms with Crippen molar-refractivity contribution < 1.29 is 9.59 Å². The standard InChI is InChI=1S/C21H22N2O2/c1-16(24)22-14-13-21(25)23-15-19-9-6-5-7-17(19)11-12-18-8-3-2-4-10-20(18)23/h3-12H,2,13-15H2,1H3,(H,22,24)/b12-11-. The molecule has 0 saturated heterocycles. The van der Waals surface area contributed by atoms with E-state index in [-0.39, 0.29) is 18.2 Å². The van der Waals surface area contributed by atoms with E-state index in [1.54, 1.807) is 0 Å². The van der Waals surface area contributed by atoms with Gasteiger partial charge in [-0.3, -0.25) is 9.59 Å². The molecule has 3 rings (SSSR count). The first-order valence-electron chi connectivity index (χ1n) is 8.53. The Morgan fingerprint density at radius 3 is 2.72 bits per heavy atom. The van der Waals surface area contributed by atoms with Gasteiger partial charge in [-0.2, -0.15) is 0 Å². The molecule has 2 amide bonds. The Hall–Kier alpha value is -2.88. The van der Waals surface area contributed by atoms with Gasteiger partial charge in [0.15, 0.2) is 0 Å². The number of fused-ring (bicyclic) bond motifs is 1. The van der Waals surface area contributed by atoms with E-state index >= 15 is 0 Å². The van der Waals surface area contributed by atoms with E-state index in [2.05, 4.69) is 47.8 Å². The van der Waals surface area contributed by atoms with Crippen molar-refractivity contribution in [3.8, 4) is 0 Å². The number of benzene rings is 1. The van der Waals surface area contributed by atoms with Gasteiger partial charge in [0.1, 0.15) is 0 Å². The zero-order chi connectivity index (χ0) is 17.6. The molecule has 1 aliphatic carbocycles. The second-order valence-electron chi connectivity index (χ2n) is 6.13. The maximum atomic E-state index is 12.9. The maximum Gasteiger partial charge on any atom is 0.229 e. The second-order valence-corrected chi connectivity index (χ2v) is 6.13. The number of nitrogens with one attached hydrogen (secondary N) is 1. The molecule has 1 aromatic rings. The number of hydrogen-bond acceptors (Lipinski definition) is 2. The average Bonchev–Trinajstić information content (AvgIpc) is 2.81. The van der Waals surface area contributed by atoms with Crippen molar-refractivity contribution in [2.24, 2.45) is 0 Å². The lowest BCUT2D eigenvalue weighted by Gasteiger charge is -2.27. The maximum absolute atomic E-state index is 12.9. The molecule has 1 aromatic carbocycles. The van der Waals surface area contributed by atoms with E-state index in [1.807, 2.05) is 23.1 Å². The molecule has 0 bridgehead atoms. The van der Waals surface area contributed by atoms with Gasteiger partial charge in [0, 0.05) is 19.9 Å². The Morgan fingerprint density at radius 2 is 1.88 bits per heavy atom. The fraction of sp³-hybridized carbons (Fsp3) is 0.238. The van der Waals surface area contributed by atoms with Crippen molar-refractivity contribution in [1.29, 1.82) is 0 Å². The molecule has 128 valence electrons. The largest absolute Gasteiger partial charge is 0.356 e. The van der Waals surface area contributed by atoms with Crippen LogP contribution in [0.15, 0.2) is 65.9 Å². The number of rotatable bonds is 3. The topological polar surface area (TPSA) is 49.4 Å². The summed E-state index contributed by atoms with van der Waals surface area (Å²) < 4.78 is 0. The summed E-state index contributed by atoms with van der Waals surface area (Å²) >= 11 is 0. The number of allylic oxidation sites excluding steroid dienone is 6. The molecular formula is C21H22N2O2. The highest BCUT2D eigenvalue weighted by molar-refractivity contribution is 5.81. The first kappa shape index (κ1) is 17.0. The SMILES string of the molecule is CC(=O)NCCC(=O)N1Cc2ccccc2/C=C\C2=C1C=CCC=C2. The molecule has 0 radical (unpaired) electrons. The third kappa shape index (κ3) is 4.15. The highest BCUT2D eigenvalue weighted by Gasteiger charge is 2.21. The number of carbonyl (C=O) groups is 2. The minimum absolute atomic E-state index is 0.00584. The van der Waals surface area contributed by atoms with Gasteiger partial charge in [0.05, 0.1) is 12.2 Å². The van der Waals surface area contributed by atoms with E-state index in [9.17, 15) is 9.59 Å². The summed E-state index contributed by atoms with van der Waals surface area (Å²) in [6, 6.07) is 8.11. The lowest BCUT2D eigenvalue weighted by molar-refractivity contribution is -0.129. The van der Waals surface area contributed by atoms with Gasteiger partial charge in [0.2, 0.25) is 11.8 Å². The second kappa shape index (κ2) is 7.79. The summed E-state index contributed by atoms with van der Waals surface area (Å²) in [6.07, 6.45) is 13.5. The Morgan fingerprint density at radius 1 is 1.08 bits per heavy atom. The fourth-order valence-corrected chi connectivity index (χ4v) is 3.00. The lowest BCUT2D eigenvalue weighted by Crippen LogP contribution is -2.33. The molecule has 0 atom stereocenters. The van der Waals surface area contributed by atoms with Crippen molar-refractivity contribution in [3.05, 3.63) is 77.0 Å². The minimum Gasteiger partial charge on any atom is -0.356 e. The smallest absolute Gasteiger partial charge is 0.229 e. The van der Waals surface area contributed by atoms with Crippen LogP contribution in [0.4, 0.5) is 0 Å². The minimum atomic E-state index is -0.119. The highest BCUT2D eigenvalue weighted by Crippen LogP contribution is 2.26. The Bertz CT molecular complexity index is 800. The molecule has 0 aromatic heterocycles. The van der Waals surface area contributed by atoms with Gasteiger partial charge >= 0.3 is 0 Å². The van der Waals surface area contributed by atoms with Crippen molar-refractivity contribution >= 4 is 17.9 Å². The van der Waals surface area contributed by atoms with Crippen LogP contribution in [0.1, 0.15) is 30.9 Å². The zero-order valence-electron chi connectivity index (χ0n) is 14.4. The molecule has 25 heavy (non-hydrogen) atoms. The van der Waals surface area contributed by atoms with Crippen LogP contribution in [-0.4, -0.2) is 23.3 Å². The van der Waals surface area contributed by atoms with Crippen LogP contribution in [-0.2, 0) is 16.1 Å². The van der Waals surface area contributed by atoms with Crippen molar-refractivity contribution in [3.63, 3.8) is 0 Å². The van der Waals surface area contributed by atoms with Crippen LogP contribution in [0.5, 0.6) is 0 Å². The van der Waals surface area contributed by atoms with E-state index in [4.69, 9.17) is 0 Å². The van der Waals surface area contributed by atoms with Crippen molar-refractivity contribution in [1.82, 2.24) is 10.2 Å². The summed E-state index contributed by atoms with van der Waals surface area (Å²) in [5.41, 5.74) is 4.17. The van der Waals surface area contributed by atoms with E-state index in [0.717, 1.165) is 28.8 Å². The van der Waals surface area contributed by atoms with Crippen molar-refractivity contribution in [2.75, 3.05) is 6.54 Å². The molecular weight excluding hydrogens is 312 g/mol. The monoisotopic (exact) mass is 334 g/mol. The van der Waals surface area contributed by atoms with Crippen LogP contribution in [0.25, 0.3) is 6.08 Å². The third-order valence-corrected chi connectivity index (χ3v) is 4.27. The van der Waals surface area contributed by atoms with Gasteiger partial charge in [-0.25, -0.2) is 0 Å². The fourth-order valence-electron chi connectivity index (χ4n) is 3.00. The number of nitrogens with zero attached hydrogens (tertiary/aromatic N) is 1. The van der Waals surface area contributed by atoms with Gasteiger partial charge in [0.25, 0.3) is 0 Å². The molecule has 2 aliphatic rings. The first-order chi connectivity index (χ1) is 12.1. The number of amides is 2. The summed E-state index contributed by atoms with van der Waals surface area (Å²) in [7, 11) is 0. The van der Waals surface area contributed by atoms with Crippen LogP contribution in [0.3, 0.4) is 0 Å². The van der Waals surface area contributed by atoms with Crippen LogP contribution >= 0.6 is 0 Å². The van der Waals surface area contributed by atoms with E-state index < -0.39 is 0 Å². The lowest BCUT2D eigenvalue weighted by atomic mass is 10.0. The third-order valence-electron chi connectivity index (χ3n) is 4.27. The summed E-state index contributed by atoms with van der Waals surface area (Å²) in [5.74, 6) is -0.114.